The monoisotopic (exact) mass is 346 g/mol. The van der Waals surface area contributed by atoms with E-state index in [-0.39, 0.29) is 30.4 Å². The summed E-state index contributed by atoms with van der Waals surface area (Å²) in [6.45, 7) is 5.84. The lowest BCUT2D eigenvalue weighted by molar-refractivity contribution is -0.140. The predicted molar refractivity (Wildman–Crippen MR) is 92.9 cm³/mol. The molecule has 2 heterocycles. The van der Waals surface area contributed by atoms with Gasteiger partial charge in [-0.2, -0.15) is 0 Å². The maximum atomic E-state index is 12.8. The molecule has 2 amide bonds. The molecule has 6 heteroatoms. The first-order valence-corrected chi connectivity index (χ1v) is 9.01. The second kappa shape index (κ2) is 8.34. The van der Waals surface area contributed by atoms with Gasteiger partial charge >= 0.3 is 6.09 Å². The molecule has 0 spiro atoms. The molecule has 1 aromatic rings. The quantitative estimate of drug-likeness (QED) is 0.838. The Morgan fingerprint density at radius 1 is 1.12 bits per heavy atom. The minimum atomic E-state index is -0.334. The number of hydrogen-bond donors (Lipinski definition) is 0. The molecule has 0 N–H and O–H groups in total. The first kappa shape index (κ1) is 17.7. The summed E-state index contributed by atoms with van der Waals surface area (Å²) in [5, 5.41) is 0. The summed E-state index contributed by atoms with van der Waals surface area (Å²) in [7, 11) is 0. The van der Waals surface area contributed by atoms with Crippen molar-refractivity contribution < 1.29 is 19.1 Å². The van der Waals surface area contributed by atoms with Gasteiger partial charge in [0.25, 0.3) is 0 Å². The maximum Gasteiger partial charge on any atom is 0.410 e. The minimum absolute atomic E-state index is 0.132. The van der Waals surface area contributed by atoms with Gasteiger partial charge in [0.1, 0.15) is 6.61 Å². The Morgan fingerprint density at radius 2 is 1.84 bits per heavy atom. The summed E-state index contributed by atoms with van der Waals surface area (Å²) < 4.78 is 10.7. The Labute approximate surface area is 148 Å². The van der Waals surface area contributed by atoms with Crippen LogP contribution in [-0.4, -0.2) is 61.2 Å². The Morgan fingerprint density at radius 3 is 2.52 bits per heavy atom. The van der Waals surface area contributed by atoms with Crippen LogP contribution in [0.4, 0.5) is 4.79 Å². The van der Waals surface area contributed by atoms with Gasteiger partial charge in [0, 0.05) is 26.2 Å². The Hall–Kier alpha value is -2.08. The summed E-state index contributed by atoms with van der Waals surface area (Å²) in [5.41, 5.74) is 0.961. The van der Waals surface area contributed by atoms with Crippen LogP contribution in [0, 0.1) is 11.8 Å². The molecule has 0 radical (unpaired) electrons. The Kier molecular flexibility index (Phi) is 5.91. The molecule has 2 aliphatic rings. The van der Waals surface area contributed by atoms with Crippen molar-refractivity contribution in [3.63, 3.8) is 0 Å². The molecular weight excluding hydrogens is 320 g/mol. The maximum absolute atomic E-state index is 12.8. The summed E-state index contributed by atoms with van der Waals surface area (Å²) in [5.74, 6) is 0.209. The van der Waals surface area contributed by atoms with Crippen LogP contribution in [0.1, 0.15) is 18.9 Å². The molecule has 3 rings (SSSR count). The fourth-order valence-electron chi connectivity index (χ4n) is 3.54. The number of amides is 2. The molecule has 0 unspecified atom stereocenters. The van der Waals surface area contributed by atoms with E-state index in [2.05, 4.69) is 6.92 Å². The molecule has 0 bridgehead atoms. The normalized spacial score (nSPS) is 23.6. The SMILES string of the molecule is CC[C@@H]1CN(C(=O)OCc2ccccc2)C[C@@H]1C(=O)N1CCOCC1. The first-order valence-electron chi connectivity index (χ1n) is 9.01. The highest BCUT2D eigenvalue weighted by molar-refractivity contribution is 5.81. The molecule has 2 aliphatic heterocycles. The number of carbonyl (C=O) groups excluding carboxylic acids is 2. The van der Waals surface area contributed by atoms with Crippen LogP contribution in [0.25, 0.3) is 0 Å². The fourth-order valence-corrected chi connectivity index (χ4v) is 3.54. The van der Waals surface area contributed by atoms with E-state index >= 15 is 0 Å². The van der Waals surface area contributed by atoms with E-state index in [0.29, 0.717) is 39.4 Å². The van der Waals surface area contributed by atoms with Gasteiger partial charge in [-0.25, -0.2) is 4.79 Å². The third-order valence-electron chi connectivity index (χ3n) is 5.07. The van der Waals surface area contributed by atoms with E-state index in [9.17, 15) is 9.59 Å². The van der Waals surface area contributed by atoms with Gasteiger partial charge in [-0.1, -0.05) is 43.7 Å². The summed E-state index contributed by atoms with van der Waals surface area (Å²) in [6, 6.07) is 9.62. The van der Waals surface area contributed by atoms with Crippen molar-refractivity contribution in [2.75, 3.05) is 39.4 Å². The highest BCUT2D eigenvalue weighted by Gasteiger charge is 2.41. The van der Waals surface area contributed by atoms with Gasteiger partial charge in [0.15, 0.2) is 0 Å². The van der Waals surface area contributed by atoms with Gasteiger partial charge < -0.3 is 19.3 Å². The van der Waals surface area contributed by atoms with Gasteiger partial charge in [-0.05, 0) is 11.5 Å². The van der Waals surface area contributed by atoms with Crippen molar-refractivity contribution in [1.29, 1.82) is 0 Å². The molecule has 0 saturated carbocycles. The predicted octanol–water partition coefficient (Wildman–Crippen LogP) is 2.14. The number of nitrogens with zero attached hydrogens (tertiary/aromatic N) is 2. The van der Waals surface area contributed by atoms with Crippen LogP contribution >= 0.6 is 0 Å². The number of likely N-dealkylation sites (tertiary alicyclic amines) is 1. The molecule has 2 atom stereocenters. The number of carbonyl (C=O) groups is 2. The van der Waals surface area contributed by atoms with Gasteiger partial charge in [0.05, 0.1) is 19.1 Å². The molecule has 0 aromatic heterocycles. The smallest absolute Gasteiger partial charge is 0.410 e. The zero-order valence-corrected chi connectivity index (χ0v) is 14.7. The number of rotatable bonds is 4. The van der Waals surface area contributed by atoms with Crippen LogP contribution in [-0.2, 0) is 20.9 Å². The fraction of sp³-hybridized carbons (Fsp3) is 0.579. The van der Waals surface area contributed by atoms with E-state index in [4.69, 9.17) is 9.47 Å². The number of ether oxygens (including phenoxy) is 2. The zero-order valence-electron chi connectivity index (χ0n) is 14.7. The highest BCUT2D eigenvalue weighted by Crippen LogP contribution is 2.28. The van der Waals surface area contributed by atoms with Crippen molar-refractivity contribution in [2.45, 2.75) is 20.0 Å². The molecule has 2 saturated heterocycles. The largest absolute Gasteiger partial charge is 0.445 e. The summed E-state index contributed by atoms with van der Waals surface area (Å²) in [6.07, 6.45) is 0.544. The van der Waals surface area contributed by atoms with Crippen LogP contribution in [0.2, 0.25) is 0 Å². The second-order valence-corrected chi connectivity index (χ2v) is 6.66. The molecule has 6 nitrogen and oxygen atoms in total. The Balaban J connectivity index is 1.56. The highest BCUT2D eigenvalue weighted by atomic mass is 16.6. The lowest BCUT2D eigenvalue weighted by atomic mass is 9.92. The molecule has 136 valence electrons. The summed E-state index contributed by atoms with van der Waals surface area (Å²) >= 11 is 0. The second-order valence-electron chi connectivity index (χ2n) is 6.66. The molecule has 25 heavy (non-hydrogen) atoms. The van der Waals surface area contributed by atoms with Gasteiger partial charge in [-0.15, -0.1) is 0 Å². The van der Waals surface area contributed by atoms with Crippen molar-refractivity contribution in [1.82, 2.24) is 9.80 Å². The van der Waals surface area contributed by atoms with Crippen LogP contribution in [0.3, 0.4) is 0 Å². The molecular formula is C19H26N2O4. The molecule has 2 fully saturated rings. The van der Waals surface area contributed by atoms with Crippen LogP contribution < -0.4 is 0 Å². The third-order valence-corrected chi connectivity index (χ3v) is 5.07. The van der Waals surface area contributed by atoms with Crippen molar-refractivity contribution in [3.05, 3.63) is 35.9 Å². The van der Waals surface area contributed by atoms with Gasteiger partial charge in [-0.3, -0.25) is 4.79 Å². The minimum Gasteiger partial charge on any atom is -0.445 e. The lowest BCUT2D eigenvalue weighted by Gasteiger charge is -2.30. The lowest BCUT2D eigenvalue weighted by Crippen LogP contribution is -2.45. The molecule has 1 aromatic carbocycles. The van der Waals surface area contributed by atoms with Crippen molar-refractivity contribution in [3.8, 4) is 0 Å². The number of hydrogen-bond acceptors (Lipinski definition) is 4. The van der Waals surface area contributed by atoms with Crippen LogP contribution in [0.15, 0.2) is 30.3 Å². The van der Waals surface area contributed by atoms with Gasteiger partial charge in [0.2, 0.25) is 5.91 Å². The third kappa shape index (κ3) is 4.31. The topological polar surface area (TPSA) is 59.1 Å². The van der Waals surface area contributed by atoms with E-state index in [0.717, 1.165) is 12.0 Å². The van der Waals surface area contributed by atoms with E-state index in [1.54, 1.807) is 4.90 Å². The zero-order chi connectivity index (χ0) is 17.6. The average Bonchev–Trinajstić information content (AvgIpc) is 3.11. The average molecular weight is 346 g/mol. The van der Waals surface area contributed by atoms with Crippen molar-refractivity contribution in [2.24, 2.45) is 11.8 Å². The summed E-state index contributed by atoms with van der Waals surface area (Å²) in [4.78, 5) is 28.7. The number of morpholine rings is 1. The van der Waals surface area contributed by atoms with Crippen molar-refractivity contribution >= 4 is 12.0 Å². The van der Waals surface area contributed by atoms with E-state index in [1.165, 1.54) is 0 Å². The van der Waals surface area contributed by atoms with E-state index < -0.39 is 0 Å². The molecule has 0 aliphatic carbocycles. The van der Waals surface area contributed by atoms with Crippen LogP contribution in [0.5, 0.6) is 0 Å². The first-order chi connectivity index (χ1) is 12.2. The standard InChI is InChI=1S/C19H26N2O4/c1-2-16-12-21(19(23)25-14-15-6-4-3-5-7-15)13-17(16)18(22)20-8-10-24-11-9-20/h3-7,16-17H,2,8-14H2,1H3/t16-,17+/m1/s1. The van der Waals surface area contributed by atoms with E-state index in [1.807, 2.05) is 35.2 Å². The number of benzene rings is 1. The Bertz CT molecular complexity index is 586.